The molecule has 30 heavy (non-hydrogen) atoms. The van der Waals surface area contributed by atoms with Crippen molar-refractivity contribution in [3.05, 3.63) is 22.8 Å². The molecule has 3 fully saturated rings. The maximum Gasteiger partial charge on any atom is 0.196 e. The molecule has 3 N–H and O–H groups in total. The number of allylic oxidation sites excluding steroid dienone is 4. The number of aliphatic hydroxyl groups is 3. The SMILES string of the molecule is C[C@@H]1CC2[C@@H]3C[C@H](F)C4=CC(=O)C(Cl)=C[C@]4(C)[C@@]3(F)[C@@H](O)C[C@]2(C)[C@@]1(O)C(=O)CO. The number of fused-ring (bicyclic) bond motifs is 5. The standard InChI is InChI=1S/C22H27ClF2O5/c1-10-4-11-12-5-15(24)13-6-16(27)14(23)7-19(13,2)21(12,25)17(28)8-20(11,3)22(10,30)18(29)9-26/h6-7,10-12,15,17,26,28,30H,4-5,8-9H2,1-3H3/t10-,11?,12+,15+,17+,19+,20+,21+,22+/m1/s1. The first kappa shape index (κ1) is 22.1. The van der Waals surface area contributed by atoms with Gasteiger partial charge in [0.2, 0.25) is 0 Å². The van der Waals surface area contributed by atoms with E-state index in [2.05, 4.69) is 0 Å². The monoisotopic (exact) mass is 444 g/mol. The third kappa shape index (κ3) is 2.27. The van der Waals surface area contributed by atoms with Gasteiger partial charge in [-0.2, -0.15) is 0 Å². The van der Waals surface area contributed by atoms with E-state index in [0.29, 0.717) is 0 Å². The Morgan fingerprint density at radius 2 is 1.93 bits per heavy atom. The quantitative estimate of drug-likeness (QED) is 0.608. The van der Waals surface area contributed by atoms with Gasteiger partial charge >= 0.3 is 0 Å². The lowest BCUT2D eigenvalue weighted by atomic mass is 9.44. The minimum absolute atomic E-state index is 0.0361. The summed E-state index contributed by atoms with van der Waals surface area (Å²) < 4.78 is 32.3. The fourth-order valence-electron chi connectivity index (χ4n) is 7.31. The second kappa shape index (κ2) is 6.44. The Morgan fingerprint density at radius 1 is 1.30 bits per heavy atom. The van der Waals surface area contributed by atoms with E-state index >= 15 is 8.78 Å². The summed E-state index contributed by atoms with van der Waals surface area (Å²) in [6.45, 7) is 3.84. The van der Waals surface area contributed by atoms with E-state index in [-0.39, 0.29) is 29.9 Å². The maximum absolute atomic E-state index is 17.0. The van der Waals surface area contributed by atoms with Crippen LogP contribution in [0.15, 0.2) is 22.8 Å². The van der Waals surface area contributed by atoms with Crippen LogP contribution in [0.4, 0.5) is 8.78 Å². The van der Waals surface area contributed by atoms with E-state index in [1.165, 1.54) is 13.0 Å². The molecule has 4 aliphatic carbocycles. The average Bonchev–Trinajstić information content (AvgIpc) is 2.87. The summed E-state index contributed by atoms with van der Waals surface area (Å²) in [7, 11) is 0. The van der Waals surface area contributed by atoms with Gasteiger partial charge in [0.05, 0.1) is 11.1 Å². The Kier molecular flexibility index (Phi) is 4.73. The molecule has 0 bridgehead atoms. The Morgan fingerprint density at radius 3 is 2.53 bits per heavy atom. The van der Waals surface area contributed by atoms with Crippen molar-refractivity contribution in [2.75, 3.05) is 6.61 Å². The number of rotatable bonds is 2. The van der Waals surface area contributed by atoms with Crippen LogP contribution in [-0.4, -0.2) is 57.0 Å². The molecule has 0 radical (unpaired) electrons. The van der Waals surface area contributed by atoms with Crippen molar-refractivity contribution in [3.63, 3.8) is 0 Å². The van der Waals surface area contributed by atoms with E-state index in [1.54, 1.807) is 13.8 Å². The van der Waals surface area contributed by atoms with Crippen LogP contribution < -0.4 is 0 Å². The molecule has 0 aromatic rings. The summed E-state index contributed by atoms with van der Waals surface area (Å²) in [5.74, 6) is -3.59. The van der Waals surface area contributed by atoms with E-state index in [9.17, 15) is 24.9 Å². The highest BCUT2D eigenvalue weighted by atomic mass is 35.5. The molecule has 3 saturated carbocycles. The van der Waals surface area contributed by atoms with E-state index < -0.39 is 70.3 Å². The Hall–Kier alpha value is -1.15. The Labute approximate surface area is 178 Å². The topological polar surface area (TPSA) is 94.8 Å². The molecule has 166 valence electrons. The van der Waals surface area contributed by atoms with Crippen LogP contribution in [-0.2, 0) is 9.59 Å². The molecule has 0 spiro atoms. The minimum atomic E-state index is -2.33. The van der Waals surface area contributed by atoms with Gasteiger partial charge in [0, 0.05) is 16.7 Å². The number of ketones is 2. The molecule has 1 unspecified atom stereocenters. The van der Waals surface area contributed by atoms with Crippen LogP contribution in [0.5, 0.6) is 0 Å². The number of carbonyl (C=O) groups is 2. The van der Waals surface area contributed by atoms with Crippen LogP contribution in [0.2, 0.25) is 0 Å². The molecule has 0 amide bonds. The first-order chi connectivity index (χ1) is 13.8. The van der Waals surface area contributed by atoms with Gasteiger partial charge in [-0.3, -0.25) is 9.59 Å². The molecule has 9 atom stereocenters. The second-order valence-corrected chi connectivity index (χ2v) is 10.4. The number of aliphatic hydroxyl groups excluding tert-OH is 2. The van der Waals surface area contributed by atoms with Gasteiger partial charge in [0.15, 0.2) is 17.2 Å². The van der Waals surface area contributed by atoms with Crippen LogP contribution >= 0.6 is 11.6 Å². The lowest BCUT2D eigenvalue weighted by Gasteiger charge is -2.63. The number of hydrogen-bond acceptors (Lipinski definition) is 5. The van der Waals surface area contributed by atoms with Gasteiger partial charge in [0.1, 0.15) is 18.4 Å². The molecule has 0 aromatic heterocycles. The predicted molar refractivity (Wildman–Crippen MR) is 105 cm³/mol. The zero-order valence-corrected chi connectivity index (χ0v) is 17.9. The fourth-order valence-corrected chi connectivity index (χ4v) is 7.58. The van der Waals surface area contributed by atoms with E-state index in [0.717, 1.165) is 6.08 Å². The summed E-state index contributed by atoms with van der Waals surface area (Å²) in [4.78, 5) is 24.6. The third-order valence-corrected chi connectivity index (χ3v) is 9.13. The predicted octanol–water partition coefficient (Wildman–Crippen LogP) is 2.41. The average molecular weight is 445 g/mol. The summed E-state index contributed by atoms with van der Waals surface area (Å²) >= 11 is 6.02. The van der Waals surface area contributed by atoms with Crippen molar-refractivity contribution >= 4 is 23.2 Å². The molecule has 4 rings (SSSR count). The zero-order valence-electron chi connectivity index (χ0n) is 17.2. The number of alkyl halides is 2. The molecule has 0 aliphatic heterocycles. The fraction of sp³-hybridized carbons (Fsp3) is 0.727. The minimum Gasteiger partial charge on any atom is -0.390 e. The van der Waals surface area contributed by atoms with E-state index in [1.807, 2.05) is 0 Å². The number of carbonyl (C=O) groups excluding carboxylic acids is 2. The summed E-state index contributed by atoms with van der Waals surface area (Å²) in [6, 6.07) is 0. The molecule has 0 heterocycles. The molecule has 0 saturated heterocycles. The lowest BCUT2D eigenvalue weighted by molar-refractivity contribution is -0.223. The van der Waals surface area contributed by atoms with Crippen molar-refractivity contribution in [1.29, 1.82) is 0 Å². The largest absolute Gasteiger partial charge is 0.390 e. The third-order valence-electron chi connectivity index (χ3n) is 8.84. The van der Waals surface area contributed by atoms with Crippen molar-refractivity contribution in [2.45, 2.75) is 63.6 Å². The highest BCUT2D eigenvalue weighted by molar-refractivity contribution is 6.44. The van der Waals surface area contributed by atoms with Gasteiger partial charge in [-0.15, -0.1) is 0 Å². The van der Waals surface area contributed by atoms with Gasteiger partial charge < -0.3 is 15.3 Å². The lowest BCUT2D eigenvalue weighted by Crippen LogP contribution is -2.70. The van der Waals surface area contributed by atoms with E-state index in [4.69, 9.17) is 11.6 Å². The van der Waals surface area contributed by atoms with Gasteiger partial charge in [-0.05, 0) is 55.7 Å². The molecule has 0 aromatic carbocycles. The van der Waals surface area contributed by atoms with Gasteiger partial charge in [0.25, 0.3) is 0 Å². The van der Waals surface area contributed by atoms with Crippen molar-refractivity contribution in [2.24, 2.45) is 28.6 Å². The summed E-state index contributed by atoms with van der Waals surface area (Å²) in [5.41, 5.74) is -7.19. The Bertz CT molecular complexity index is 889. The Balaban J connectivity index is 1.89. The maximum atomic E-state index is 17.0. The zero-order chi connectivity index (χ0) is 22.4. The normalized spacial score (nSPS) is 52.7. The first-order valence-corrected chi connectivity index (χ1v) is 10.7. The van der Waals surface area contributed by atoms with Crippen LogP contribution in [0.3, 0.4) is 0 Å². The smallest absolute Gasteiger partial charge is 0.196 e. The molecular weight excluding hydrogens is 418 g/mol. The van der Waals surface area contributed by atoms with Gasteiger partial charge in [-0.1, -0.05) is 25.4 Å². The molecule has 5 nitrogen and oxygen atoms in total. The molecule has 8 heteroatoms. The number of halogens is 3. The number of Topliss-reactive ketones (excluding diaryl/α,β-unsaturated/α-hetero) is 1. The summed E-state index contributed by atoms with van der Waals surface area (Å²) in [5, 5.41) is 31.7. The second-order valence-electron chi connectivity index (χ2n) is 9.96. The van der Waals surface area contributed by atoms with Crippen LogP contribution in [0.25, 0.3) is 0 Å². The van der Waals surface area contributed by atoms with Crippen molar-refractivity contribution < 1.29 is 33.7 Å². The first-order valence-electron chi connectivity index (χ1n) is 10.3. The molecule has 4 aliphatic rings. The van der Waals surface area contributed by atoms with Crippen molar-refractivity contribution in [1.82, 2.24) is 0 Å². The number of hydrogen-bond donors (Lipinski definition) is 3. The van der Waals surface area contributed by atoms with Gasteiger partial charge in [-0.25, -0.2) is 8.78 Å². The molecular formula is C22H27ClF2O5. The van der Waals surface area contributed by atoms with Crippen LogP contribution in [0.1, 0.15) is 40.0 Å². The highest BCUT2D eigenvalue weighted by Gasteiger charge is 2.76. The van der Waals surface area contributed by atoms with Crippen LogP contribution in [0, 0.1) is 28.6 Å². The van der Waals surface area contributed by atoms with Crippen molar-refractivity contribution in [3.8, 4) is 0 Å². The highest BCUT2D eigenvalue weighted by Crippen LogP contribution is 2.71. The summed E-state index contributed by atoms with van der Waals surface area (Å²) in [6.07, 6.45) is -1.28.